The predicted molar refractivity (Wildman–Crippen MR) is 107 cm³/mol. The van der Waals surface area contributed by atoms with Crippen molar-refractivity contribution < 1.29 is 17.6 Å². The third-order valence-corrected chi connectivity index (χ3v) is 6.81. The SMILES string of the molecule is O=C(CCc1ccc(F)cc1)Nc1ccc(S(=O)(=O)N2CCCCCC2)cc1. The number of benzene rings is 2. The van der Waals surface area contributed by atoms with Gasteiger partial charge in [0.2, 0.25) is 15.9 Å². The maximum atomic E-state index is 12.9. The minimum absolute atomic E-state index is 0.174. The van der Waals surface area contributed by atoms with Gasteiger partial charge in [0.05, 0.1) is 4.90 Å². The van der Waals surface area contributed by atoms with E-state index in [1.165, 1.54) is 24.3 Å². The van der Waals surface area contributed by atoms with Crippen molar-refractivity contribution in [3.05, 3.63) is 59.9 Å². The van der Waals surface area contributed by atoms with Gasteiger partial charge in [0.25, 0.3) is 0 Å². The predicted octanol–water partition coefficient (Wildman–Crippen LogP) is 3.96. The number of halogens is 1. The van der Waals surface area contributed by atoms with E-state index in [4.69, 9.17) is 0 Å². The van der Waals surface area contributed by atoms with Gasteiger partial charge in [-0.3, -0.25) is 4.79 Å². The fourth-order valence-corrected chi connectivity index (χ4v) is 4.79. The number of hydrogen-bond donors (Lipinski definition) is 1. The van der Waals surface area contributed by atoms with Crippen LogP contribution in [0.4, 0.5) is 10.1 Å². The Morgan fingerprint density at radius 3 is 2.14 bits per heavy atom. The second kappa shape index (κ2) is 9.30. The Bertz CT molecular complexity index is 888. The lowest BCUT2D eigenvalue weighted by molar-refractivity contribution is -0.116. The zero-order chi connectivity index (χ0) is 20.0. The Labute approximate surface area is 165 Å². The minimum atomic E-state index is -3.49. The molecule has 2 aromatic carbocycles. The van der Waals surface area contributed by atoms with Crippen molar-refractivity contribution in [2.45, 2.75) is 43.4 Å². The Kier molecular flexibility index (Phi) is 6.80. The van der Waals surface area contributed by atoms with Gasteiger partial charge in [-0.2, -0.15) is 4.31 Å². The van der Waals surface area contributed by atoms with Crippen LogP contribution in [0.3, 0.4) is 0 Å². The van der Waals surface area contributed by atoms with E-state index in [0.717, 1.165) is 31.2 Å². The van der Waals surface area contributed by atoms with E-state index in [0.29, 0.717) is 25.2 Å². The Hall–Kier alpha value is -2.25. The van der Waals surface area contributed by atoms with Crippen LogP contribution < -0.4 is 5.32 Å². The van der Waals surface area contributed by atoms with Gasteiger partial charge in [-0.15, -0.1) is 0 Å². The molecule has 7 heteroatoms. The smallest absolute Gasteiger partial charge is 0.243 e. The molecule has 1 fully saturated rings. The number of carbonyl (C=O) groups is 1. The number of sulfonamides is 1. The van der Waals surface area contributed by atoms with Crippen molar-refractivity contribution in [1.29, 1.82) is 0 Å². The maximum absolute atomic E-state index is 12.9. The minimum Gasteiger partial charge on any atom is -0.326 e. The van der Waals surface area contributed by atoms with Crippen molar-refractivity contribution in [1.82, 2.24) is 4.31 Å². The van der Waals surface area contributed by atoms with Crippen LogP contribution in [-0.4, -0.2) is 31.7 Å². The van der Waals surface area contributed by atoms with Gasteiger partial charge in [-0.25, -0.2) is 12.8 Å². The van der Waals surface area contributed by atoms with Gasteiger partial charge >= 0.3 is 0 Å². The van der Waals surface area contributed by atoms with Gasteiger partial charge in [0.1, 0.15) is 5.82 Å². The summed E-state index contributed by atoms with van der Waals surface area (Å²) in [5.41, 5.74) is 1.44. The summed E-state index contributed by atoms with van der Waals surface area (Å²) >= 11 is 0. The lowest BCUT2D eigenvalue weighted by atomic mass is 10.1. The molecule has 150 valence electrons. The average molecular weight is 405 g/mol. The van der Waals surface area contributed by atoms with Crippen LogP contribution in [0.1, 0.15) is 37.7 Å². The lowest BCUT2D eigenvalue weighted by Gasteiger charge is -2.20. The summed E-state index contributed by atoms with van der Waals surface area (Å²) in [7, 11) is -3.49. The van der Waals surface area contributed by atoms with Crippen molar-refractivity contribution in [2.24, 2.45) is 0 Å². The van der Waals surface area contributed by atoms with E-state index in [1.54, 1.807) is 28.6 Å². The molecule has 0 spiro atoms. The highest BCUT2D eigenvalue weighted by molar-refractivity contribution is 7.89. The summed E-state index contributed by atoms with van der Waals surface area (Å²) < 4.78 is 40.0. The summed E-state index contributed by atoms with van der Waals surface area (Å²) in [6.45, 7) is 1.12. The zero-order valence-electron chi connectivity index (χ0n) is 15.7. The molecular weight excluding hydrogens is 379 g/mol. The van der Waals surface area contributed by atoms with Crippen LogP contribution in [0.2, 0.25) is 0 Å². The number of aryl methyl sites for hydroxylation is 1. The molecule has 2 aromatic rings. The molecule has 5 nitrogen and oxygen atoms in total. The van der Waals surface area contributed by atoms with Crippen LogP contribution in [0.5, 0.6) is 0 Å². The topological polar surface area (TPSA) is 66.5 Å². The Morgan fingerprint density at radius 1 is 0.929 bits per heavy atom. The molecule has 1 N–H and O–H groups in total. The van der Waals surface area contributed by atoms with Gasteiger partial charge in [0.15, 0.2) is 0 Å². The normalized spacial score (nSPS) is 15.8. The second-order valence-electron chi connectivity index (χ2n) is 7.02. The molecule has 1 amide bonds. The number of nitrogens with zero attached hydrogens (tertiary/aromatic N) is 1. The van der Waals surface area contributed by atoms with E-state index < -0.39 is 10.0 Å². The first-order valence-electron chi connectivity index (χ1n) is 9.60. The lowest BCUT2D eigenvalue weighted by Crippen LogP contribution is -2.31. The third kappa shape index (κ3) is 5.39. The number of amides is 1. The molecule has 0 unspecified atom stereocenters. The molecule has 1 aliphatic rings. The van der Waals surface area contributed by atoms with Crippen LogP contribution in [-0.2, 0) is 21.2 Å². The molecule has 1 saturated heterocycles. The molecule has 1 heterocycles. The molecule has 28 heavy (non-hydrogen) atoms. The second-order valence-corrected chi connectivity index (χ2v) is 8.96. The highest BCUT2D eigenvalue weighted by Crippen LogP contribution is 2.22. The standard InChI is InChI=1S/C21H25FN2O3S/c22-18-8-5-17(6-9-18)7-14-21(25)23-19-10-12-20(13-11-19)28(26,27)24-15-3-1-2-4-16-24/h5-6,8-13H,1-4,7,14-16H2,(H,23,25). The first-order valence-corrected chi connectivity index (χ1v) is 11.0. The summed E-state index contributed by atoms with van der Waals surface area (Å²) in [4.78, 5) is 12.4. The van der Waals surface area contributed by atoms with Crippen molar-refractivity contribution in [3.8, 4) is 0 Å². The van der Waals surface area contributed by atoms with Crippen molar-refractivity contribution >= 4 is 21.6 Å². The van der Waals surface area contributed by atoms with E-state index in [-0.39, 0.29) is 23.0 Å². The maximum Gasteiger partial charge on any atom is 0.243 e. The molecule has 0 aromatic heterocycles. The Balaban J connectivity index is 1.57. The summed E-state index contributed by atoms with van der Waals surface area (Å²) in [5, 5.41) is 2.77. The van der Waals surface area contributed by atoms with Gasteiger partial charge in [-0.1, -0.05) is 25.0 Å². The van der Waals surface area contributed by atoms with Crippen LogP contribution >= 0.6 is 0 Å². The van der Waals surface area contributed by atoms with E-state index in [9.17, 15) is 17.6 Å². The third-order valence-electron chi connectivity index (χ3n) is 4.89. The van der Waals surface area contributed by atoms with Crippen molar-refractivity contribution in [2.75, 3.05) is 18.4 Å². The average Bonchev–Trinajstić information content (AvgIpc) is 2.98. The first kappa shape index (κ1) is 20.5. The van der Waals surface area contributed by atoms with Crippen LogP contribution in [0.25, 0.3) is 0 Å². The molecule has 0 bridgehead atoms. The van der Waals surface area contributed by atoms with Gasteiger partial charge in [0, 0.05) is 25.2 Å². The van der Waals surface area contributed by atoms with E-state index in [1.807, 2.05) is 0 Å². The molecular formula is C21H25FN2O3S. The molecule has 0 saturated carbocycles. The quantitative estimate of drug-likeness (QED) is 0.792. The summed E-state index contributed by atoms with van der Waals surface area (Å²) in [6.07, 6.45) is 4.68. The summed E-state index contributed by atoms with van der Waals surface area (Å²) in [6, 6.07) is 12.4. The Morgan fingerprint density at radius 2 is 1.54 bits per heavy atom. The van der Waals surface area contributed by atoms with Crippen LogP contribution in [0.15, 0.2) is 53.4 Å². The van der Waals surface area contributed by atoms with E-state index >= 15 is 0 Å². The largest absolute Gasteiger partial charge is 0.326 e. The highest BCUT2D eigenvalue weighted by atomic mass is 32.2. The zero-order valence-corrected chi connectivity index (χ0v) is 16.6. The molecule has 1 aliphatic heterocycles. The molecule has 0 atom stereocenters. The fraction of sp³-hybridized carbons (Fsp3) is 0.381. The molecule has 0 radical (unpaired) electrons. The van der Waals surface area contributed by atoms with Gasteiger partial charge < -0.3 is 5.32 Å². The number of hydrogen-bond acceptors (Lipinski definition) is 3. The monoisotopic (exact) mass is 404 g/mol. The number of rotatable bonds is 6. The fourth-order valence-electron chi connectivity index (χ4n) is 3.27. The molecule has 0 aliphatic carbocycles. The highest BCUT2D eigenvalue weighted by Gasteiger charge is 2.24. The van der Waals surface area contributed by atoms with Crippen molar-refractivity contribution in [3.63, 3.8) is 0 Å². The first-order chi connectivity index (χ1) is 13.4. The number of nitrogens with one attached hydrogen (secondary N) is 1. The molecule has 3 rings (SSSR count). The van der Waals surface area contributed by atoms with Gasteiger partial charge in [-0.05, 0) is 61.2 Å². The summed E-state index contributed by atoms with van der Waals surface area (Å²) in [5.74, 6) is -0.476. The number of carbonyl (C=O) groups excluding carboxylic acids is 1. The van der Waals surface area contributed by atoms with E-state index in [2.05, 4.69) is 5.32 Å². The van der Waals surface area contributed by atoms with Crippen LogP contribution in [0, 0.1) is 5.82 Å². The number of anilines is 1.